The van der Waals surface area contributed by atoms with Crippen molar-refractivity contribution < 1.29 is 22.4 Å². The molecular formula is C23H32N2O5S. The number of benzene rings is 1. The van der Waals surface area contributed by atoms with Crippen molar-refractivity contribution in [1.29, 1.82) is 0 Å². The molecule has 8 heteroatoms. The maximum absolute atomic E-state index is 13.5. The van der Waals surface area contributed by atoms with Crippen LogP contribution in [0.3, 0.4) is 0 Å². The summed E-state index contributed by atoms with van der Waals surface area (Å²) in [5, 5.41) is 0. The summed E-state index contributed by atoms with van der Waals surface area (Å²) in [6, 6.07) is 8.11. The summed E-state index contributed by atoms with van der Waals surface area (Å²) in [5.74, 6) is 1.50. The zero-order valence-corrected chi connectivity index (χ0v) is 19.6. The first-order valence-electron chi connectivity index (χ1n) is 10.8. The molecule has 1 aromatic carbocycles. The first kappa shape index (κ1) is 23.3. The summed E-state index contributed by atoms with van der Waals surface area (Å²) in [5.41, 5.74) is 0.232. The molecule has 1 saturated heterocycles. The summed E-state index contributed by atoms with van der Waals surface area (Å²) >= 11 is 0. The van der Waals surface area contributed by atoms with Gasteiger partial charge >= 0.3 is 0 Å². The first-order chi connectivity index (χ1) is 14.7. The van der Waals surface area contributed by atoms with Gasteiger partial charge in [0.05, 0.1) is 24.1 Å². The van der Waals surface area contributed by atoms with E-state index in [1.54, 1.807) is 11.0 Å². The molecule has 1 aliphatic rings. The predicted molar refractivity (Wildman–Crippen MR) is 119 cm³/mol. The highest BCUT2D eigenvalue weighted by Crippen LogP contribution is 2.28. The fourth-order valence-electron chi connectivity index (χ4n) is 3.83. The van der Waals surface area contributed by atoms with Gasteiger partial charge in [-0.05, 0) is 63.9 Å². The Bertz CT molecular complexity index is 1000. The Morgan fingerprint density at radius 1 is 1.13 bits per heavy atom. The number of nitrogens with zero attached hydrogens (tertiary/aromatic N) is 2. The number of hydrogen-bond donors (Lipinski definition) is 0. The molecular weight excluding hydrogens is 416 g/mol. The third kappa shape index (κ3) is 5.30. The number of ether oxygens (including phenoxy) is 1. The molecule has 1 aliphatic heterocycles. The maximum Gasteiger partial charge on any atom is 0.258 e. The predicted octanol–water partition coefficient (Wildman–Crippen LogP) is 4.21. The fourth-order valence-corrected chi connectivity index (χ4v) is 5.37. The Morgan fingerprint density at radius 2 is 1.81 bits per heavy atom. The molecule has 0 saturated carbocycles. The van der Waals surface area contributed by atoms with E-state index in [9.17, 15) is 13.2 Å². The number of aryl methyl sites for hydroxylation is 1. The number of furan rings is 1. The van der Waals surface area contributed by atoms with Crippen molar-refractivity contribution >= 4 is 15.9 Å². The lowest BCUT2D eigenvalue weighted by Gasteiger charge is -2.27. The minimum atomic E-state index is -3.68. The second-order valence-electron chi connectivity index (χ2n) is 8.22. The molecule has 7 nitrogen and oxygen atoms in total. The highest BCUT2D eigenvalue weighted by molar-refractivity contribution is 7.89. The number of hydrogen-bond acceptors (Lipinski definition) is 5. The molecule has 2 heterocycles. The normalized spacial score (nSPS) is 15.6. The highest BCUT2D eigenvalue weighted by Gasteiger charge is 2.29. The fraction of sp³-hybridized carbons (Fsp3) is 0.522. The summed E-state index contributed by atoms with van der Waals surface area (Å²) in [7, 11) is -2.20. The van der Waals surface area contributed by atoms with Crippen LogP contribution in [0.15, 0.2) is 39.6 Å². The van der Waals surface area contributed by atoms with Crippen LogP contribution in [0, 0.1) is 6.92 Å². The first-order valence-corrected chi connectivity index (χ1v) is 12.2. The highest BCUT2D eigenvalue weighted by atomic mass is 32.2. The quantitative estimate of drug-likeness (QED) is 0.634. The van der Waals surface area contributed by atoms with Gasteiger partial charge in [0, 0.05) is 19.1 Å². The van der Waals surface area contributed by atoms with Crippen LogP contribution in [-0.2, 0) is 16.6 Å². The van der Waals surface area contributed by atoms with E-state index in [0.717, 1.165) is 31.4 Å². The van der Waals surface area contributed by atoms with Crippen LogP contribution >= 0.6 is 0 Å². The minimum absolute atomic E-state index is 0.117. The van der Waals surface area contributed by atoms with Gasteiger partial charge in [-0.1, -0.05) is 12.8 Å². The molecule has 0 N–H and O–H groups in total. The molecule has 1 amide bonds. The van der Waals surface area contributed by atoms with E-state index in [4.69, 9.17) is 9.15 Å². The van der Waals surface area contributed by atoms with Crippen molar-refractivity contribution in [3.8, 4) is 5.75 Å². The standard InChI is InChI=1S/C23H32N2O5S/c1-17(2)25(16-19-10-9-18(3)30-19)23(26)21-15-20(11-12-22(21)29-4)31(27,28)24-13-7-5-6-8-14-24/h9-12,15,17H,5-8,13-14,16H2,1-4H3. The van der Waals surface area contributed by atoms with Gasteiger partial charge < -0.3 is 14.1 Å². The molecule has 0 aliphatic carbocycles. The molecule has 31 heavy (non-hydrogen) atoms. The second kappa shape index (κ2) is 9.87. The number of methoxy groups -OCH3 is 1. The Kier molecular flexibility index (Phi) is 7.43. The number of sulfonamides is 1. The van der Waals surface area contributed by atoms with Crippen molar-refractivity contribution in [2.75, 3.05) is 20.2 Å². The Balaban J connectivity index is 1.95. The van der Waals surface area contributed by atoms with Crippen molar-refractivity contribution in [3.63, 3.8) is 0 Å². The van der Waals surface area contributed by atoms with Crippen molar-refractivity contribution in [3.05, 3.63) is 47.4 Å². The Hall–Kier alpha value is -2.32. The zero-order valence-electron chi connectivity index (χ0n) is 18.8. The van der Waals surface area contributed by atoms with E-state index < -0.39 is 10.0 Å². The van der Waals surface area contributed by atoms with Gasteiger partial charge in [-0.15, -0.1) is 0 Å². The molecule has 1 fully saturated rings. The molecule has 0 unspecified atom stereocenters. The van der Waals surface area contributed by atoms with Gasteiger partial charge in [-0.2, -0.15) is 4.31 Å². The van der Waals surface area contributed by atoms with Gasteiger partial charge in [-0.3, -0.25) is 4.79 Å². The third-order valence-electron chi connectivity index (χ3n) is 5.61. The molecule has 0 radical (unpaired) electrons. The van der Waals surface area contributed by atoms with Crippen LogP contribution in [-0.4, -0.2) is 49.8 Å². The molecule has 0 bridgehead atoms. The van der Waals surface area contributed by atoms with Crippen LogP contribution in [0.4, 0.5) is 0 Å². The SMILES string of the molecule is COc1ccc(S(=O)(=O)N2CCCCCC2)cc1C(=O)N(Cc1ccc(C)o1)C(C)C. The van der Waals surface area contributed by atoms with E-state index in [1.807, 2.05) is 32.9 Å². The van der Waals surface area contributed by atoms with Gasteiger partial charge in [0.1, 0.15) is 17.3 Å². The van der Waals surface area contributed by atoms with Gasteiger partial charge in [-0.25, -0.2) is 8.42 Å². The number of carbonyl (C=O) groups excluding carboxylic acids is 1. The van der Waals surface area contributed by atoms with E-state index >= 15 is 0 Å². The molecule has 0 atom stereocenters. The Morgan fingerprint density at radius 3 is 2.35 bits per heavy atom. The van der Waals surface area contributed by atoms with Crippen LogP contribution in [0.5, 0.6) is 5.75 Å². The lowest BCUT2D eigenvalue weighted by Crippen LogP contribution is -2.37. The summed E-state index contributed by atoms with van der Waals surface area (Å²) < 4.78 is 39.1. The van der Waals surface area contributed by atoms with E-state index in [2.05, 4.69) is 0 Å². The molecule has 0 spiro atoms. The minimum Gasteiger partial charge on any atom is -0.496 e. The van der Waals surface area contributed by atoms with Crippen LogP contribution < -0.4 is 4.74 Å². The van der Waals surface area contributed by atoms with Crippen LogP contribution in [0.2, 0.25) is 0 Å². The lowest BCUT2D eigenvalue weighted by atomic mass is 10.1. The second-order valence-corrected chi connectivity index (χ2v) is 10.2. The van der Waals surface area contributed by atoms with Crippen molar-refractivity contribution in [2.24, 2.45) is 0 Å². The van der Waals surface area contributed by atoms with E-state index in [1.165, 1.54) is 23.5 Å². The molecule has 3 rings (SSSR count). The summed E-state index contributed by atoms with van der Waals surface area (Å²) in [6.07, 6.45) is 3.78. The smallest absolute Gasteiger partial charge is 0.258 e. The average molecular weight is 449 g/mol. The van der Waals surface area contributed by atoms with Crippen LogP contribution in [0.1, 0.15) is 61.4 Å². The third-order valence-corrected chi connectivity index (χ3v) is 7.51. The number of amides is 1. The van der Waals surface area contributed by atoms with Crippen LogP contribution in [0.25, 0.3) is 0 Å². The monoisotopic (exact) mass is 448 g/mol. The maximum atomic E-state index is 13.5. The lowest BCUT2D eigenvalue weighted by molar-refractivity contribution is 0.0671. The van der Waals surface area contributed by atoms with Crippen molar-refractivity contribution in [2.45, 2.75) is 63.9 Å². The van der Waals surface area contributed by atoms with Gasteiger partial charge in [0.15, 0.2) is 0 Å². The topological polar surface area (TPSA) is 80.1 Å². The van der Waals surface area contributed by atoms with Gasteiger partial charge in [0.25, 0.3) is 5.91 Å². The molecule has 1 aromatic heterocycles. The number of rotatable bonds is 7. The van der Waals surface area contributed by atoms with Gasteiger partial charge in [0.2, 0.25) is 10.0 Å². The van der Waals surface area contributed by atoms with Crippen molar-refractivity contribution in [1.82, 2.24) is 9.21 Å². The summed E-state index contributed by atoms with van der Waals surface area (Å²) in [6.45, 7) is 6.99. The summed E-state index contributed by atoms with van der Waals surface area (Å²) in [4.78, 5) is 15.3. The van der Waals surface area contributed by atoms with E-state index in [-0.39, 0.29) is 29.0 Å². The average Bonchev–Trinajstić information content (AvgIpc) is 2.98. The molecule has 170 valence electrons. The van der Waals surface area contributed by atoms with E-state index in [0.29, 0.717) is 24.6 Å². The zero-order chi connectivity index (χ0) is 22.6. The largest absolute Gasteiger partial charge is 0.496 e. The number of carbonyl (C=O) groups is 1. The Labute approximate surface area is 185 Å². The molecule has 2 aromatic rings.